The number of carbonyl (C=O) groups is 4. The van der Waals surface area contributed by atoms with E-state index in [4.69, 9.17) is 39.4 Å². The van der Waals surface area contributed by atoms with Gasteiger partial charge in [-0.3, -0.25) is 19.2 Å². The fourth-order valence-electron chi connectivity index (χ4n) is 13.3. The lowest BCUT2D eigenvalue weighted by Crippen LogP contribution is -2.52. The van der Waals surface area contributed by atoms with Crippen LogP contribution in [-0.2, 0) is 24.1 Å². The Morgan fingerprint density at radius 1 is 0.517 bits per heavy atom. The number of nitrogen functional groups attached to an aromatic ring is 4. The summed E-state index contributed by atoms with van der Waals surface area (Å²) in [5.41, 5.74) is 31.9. The first-order valence-electron chi connectivity index (χ1n) is 37.1. The first kappa shape index (κ1) is 86.1. The summed E-state index contributed by atoms with van der Waals surface area (Å²) in [7, 11) is 0. The second kappa shape index (κ2) is 37.3. The summed E-state index contributed by atoms with van der Waals surface area (Å²) in [6.45, 7) is 16.5. The molecule has 8 aromatic heterocycles. The standard InChI is InChI=1S/C23H23N5O.C22H22F3N5O.C19H20F3N5O.C19H24F3N5O.13H2/c1-2-16-10-11-20(27-21(16)22(29)18-9-6-12-26-23(18)24)28-14-13-25-19(15-28)17-7-4-3-5-8-17;1-2-21(27,14-7-4-3-5-8-14)13-29-17-11-10-16(22(23,24)25)18(30-17)19(31)15-9-6-12-28-20(15)26;20-19(21,22)13-5-6-15(27-9-8-24-14(10-27)11-3-4-11)26-16(13)17(28)12-2-1-7-25-18(12)23;1-11(2)9-18(3,24)10-26-14-7-6-13(19(20,21)22)15(27-14)16(28)12-5-4-8-25-17(12)23;;;;;;;;;;;;;/h2-12,19,25H,1,13-15H2,(H2,24,26);3-12H,2,13,27H2,1H3,(H2,26,28)(H,29,30);1-2,5-7,11,14,24H,3-4,8-10H2,(H2,23,25);4-8,11H,9-10,24H2,1-3H3,(H2,23,25)(H,26,27);13*1H/t19-;;;;;;;;;;;;;;;;/m0................/s1. The van der Waals surface area contributed by atoms with Gasteiger partial charge in [-0.2, -0.15) is 39.5 Å². The minimum Gasteiger partial charge on any atom is -0.383 e. The van der Waals surface area contributed by atoms with Crippen LogP contribution in [0.1, 0.15) is 176 Å². The van der Waals surface area contributed by atoms with Gasteiger partial charge >= 0.3 is 18.5 Å². The summed E-state index contributed by atoms with van der Waals surface area (Å²) in [5, 5.41) is 12.9. The van der Waals surface area contributed by atoms with Gasteiger partial charge in [-0.25, -0.2) is 39.9 Å². The van der Waals surface area contributed by atoms with E-state index in [-0.39, 0.29) is 95.1 Å². The Balaban J connectivity index is -0.000000782. The fraction of sp³-hybridized carbons (Fsp3) is 0.301. The van der Waals surface area contributed by atoms with Gasteiger partial charge in [0.1, 0.15) is 69.3 Å². The Morgan fingerprint density at radius 2 is 0.914 bits per heavy atom. The highest BCUT2D eigenvalue weighted by Gasteiger charge is 2.42. The molecule has 0 radical (unpaired) electrons. The topological polar surface area (TPSA) is 382 Å². The highest BCUT2D eigenvalue weighted by atomic mass is 19.4. The van der Waals surface area contributed by atoms with Crippen LogP contribution in [0.5, 0.6) is 0 Å². The summed E-state index contributed by atoms with van der Waals surface area (Å²) in [6.07, 6.45) is -3.33. The number of alkyl halides is 9. The van der Waals surface area contributed by atoms with Crippen LogP contribution in [0, 0.1) is 11.8 Å². The smallest absolute Gasteiger partial charge is 0.383 e. The maximum Gasteiger partial charge on any atom is 0.418 e. The molecule has 116 heavy (non-hydrogen) atoms. The van der Waals surface area contributed by atoms with Crippen molar-refractivity contribution in [3.05, 3.63) is 268 Å². The van der Waals surface area contributed by atoms with Crippen LogP contribution in [0.4, 0.5) is 86.1 Å². The second-order valence-corrected chi connectivity index (χ2v) is 28.7. The first-order valence-corrected chi connectivity index (χ1v) is 37.1. The Kier molecular flexibility index (Phi) is 27.7. The zero-order valence-corrected chi connectivity index (χ0v) is 63.9. The number of carbonyl (C=O) groups excluding carboxylic acids is 4. The number of aromatic nitrogens is 8. The minimum atomic E-state index is -4.77. The fourth-order valence-corrected chi connectivity index (χ4v) is 13.3. The number of nitrogens with one attached hydrogen (secondary N) is 4. The highest BCUT2D eigenvalue weighted by molar-refractivity contribution is 6.14. The van der Waals surface area contributed by atoms with E-state index in [9.17, 15) is 58.7 Å². The SMILES string of the molecule is C=Cc1ccc(N2CCN[C@H](c3ccccc3)C2)nc1C(=O)c1cccnc1N.CC(C)CC(C)(N)CNc1ccc(C(F)(F)F)c(C(=O)c2cccnc2N)n1.CCC(N)(CNc1ccc(C(F)(F)F)c(C(=O)c2cccnc2N)n1)c1ccccc1.Nc1ncccc1C(=O)c1nc(N2CCNC(C3CC3)C2)ccc1C(F)(F)F.[HH].[HH].[HH].[HH].[HH].[HH].[HH].[HH].[HH].[HH].[HH].[HH].[HH]. The van der Waals surface area contributed by atoms with Gasteiger partial charge in [-0.1, -0.05) is 94.1 Å². The Morgan fingerprint density at radius 3 is 1.34 bits per heavy atom. The number of pyridine rings is 8. The average molecular weight is 1630 g/mol. The minimum absolute atomic E-state index is 0. The third-order valence-electron chi connectivity index (χ3n) is 19.4. The largest absolute Gasteiger partial charge is 0.418 e. The van der Waals surface area contributed by atoms with Crippen LogP contribution in [0.3, 0.4) is 0 Å². The molecule has 2 saturated heterocycles. The molecule has 634 valence electrons. The van der Waals surface area contributed by atoms with Gasteiger partial charge in [-0.15, -0.1) is 0 Å². The van der Waals surface area contributed by atoms with E-state index in [1.807, 2.05) is 93.3 Å². The van der Waals surface area contributed by atoms with Crippen LogP contribution in [0.2, 0.25) is 0 Å². The van der Waals surface area contributed by atoms with Crippen molar-refractivity contribution in [1.29, 1.82) is 0 Å². The van der Waals surface area contributed by atoms with E-state index in [0.29, 0.717) is 66.4 Å². The predicted molar refractivity (Wildman–Crippen MR) is 456 cm³/mol. The molecule has 1 saturated carbocycles. The van der Waals surface area contributed by atoms with Gasteiger partial charge in [-0.05, 0) is 153 Å². The Bertz CT molecular complexity index is 5170. The molecule has 1 aliphatic carbocycles. The van der Waals surface area contributed by atoms with Gasteiger partial charge in [0, 0.05) is 119 Å². The molecule has 0 bridgehead atoms. The molecule has 13 rings (SSSR count). The molecule has 3 aliphatic rings. The predicted octanol–water partition coefficient (Wildman–Crippen LogP) is 16.2. The second-order valence-electron chi connectivity index (χ2n) is 28.7. The lowest BCUT2D eigenvalue weighted by molar-refractivity contribution is -0.138. The lowest BCUT2D eigenvalue weighted by atomic mass is 9.88. The number of piperazine rings is 2. The van der Waals surface area contributed by atoms with Crippen molar-refractivity contribution in [3.63, 3.8) is 0 Å². The molecule has 3 unspecified atom stereocenters. The van der Waals surface area contributed by atoms with E-state index in [2.05, 4.69) is 79.8 Å². The number of anilines is 8. The molecule has 2 aromatic carbocycles. The van der Waals surface area contributed by atoms with Crippen molar-refractivity contribution in [1.82, 2.24) is 50.5 Å². The van der Waals surface area contributed by atoms with E-state index in [1.165, 1.54) is 78.8 Å². The molecule has 3 fully saturated rings. The van der Waals surface area contributed by atoms with Crippen molar-refractivity contribution in [3.8, 4) is 0 Å². The zero-order chi connectivity index (χ0) is 83.9. The summed E-state index contributed by atoms with van der Waals surface area (Å²) in [4.78, 5) is 87.7. The number of rotatable bonds is 23. The average Bonchev–Trinajstić information content (AvgIpc) is 1.45. The first-order chi connectivity index (χ1) is 55.1. The Hall–Kier alpha value is -12.3. The van der Waals surface area contributed by atoms with Crippen LogP contribution in [0.15, 0.2) is 189 Å². The maximum atomic E-state index is 13.5. The summed E-state index contributed by atoms with van der Waals surface area (Å²) in [5.74, 6) is -0.975. The molecule has 0 spiro atoms. The van der Waals surface area contributed by atoms with Crippen LogP contribution < -0.4 is 65.5 Å². The van der Waals surface area contributed by atoms with E-state index in [0.717, 1.165) is 68.6 Å². The lowest BCUT2D eigenvalue weighted by Gasteiger charge is -2.35. The molecular formula is C83H115F9N20O4. The van der Waals surface area contributed by atoms with E-state index in [1.54, 1.807) is 24.4 Å². The quantitative estimate of drug-likeness (QED) is 0.0210. The number of ketones is 4. The molecule has 10 aromatic rings. The van der Waals surface area contributed by atoms with E-state index < -0.39 is 80.7 Å². The van der Waals surface area contributed by atoms with Crippen molar-refractivity contribution in [2.45, 2.75) is 95.1 Å². The van der Waals surface area contributed by atoms with Gasteiger partial charge in [0.15, 0.2) is 0 Å². The van der Waals surface area contributed by atoms with Crippen molar-refractivity contribution >= 4 is 75.8 Å². The van der Waals surface area contributed by atoms with Crippen LogP contribution in [-0.4, -0.2) is 127 Å². The molecule has 16 N–H and O–H groups in total. The summed E-state index contributed by atoms with van der Waals surface area (Å²) >= 11 is 0. The molecule has 24 nitrogen and oxygen atoms in total. The normalized spacial score (nSPS) is 16.0. The summed E-state index contributed by atoms with van der Waals surface area (Å²) in [6, 6.07) is 41.9. The summed E-state index contributed by atoms with van der Waals surface area (Å²) < 4.78 is 121. The van der Waals surface area contributed by atoms with Gasteiger partial charge < -0.3 is 65.5 Å². The van der Waals surface area contributed by atoms with Crippen LogP contribution >= 0.6 is 0 Å². The van der Waals surface area contributed by atoms with Gasteiger partial charge in [0.05, 0.1) is 44.5 Å². The maximum absolute atomic E-state index is 13.5. The molecular weight excluding hydrogens is 1510 g/mol. The van der Waals surface area contributed by atoms with Crippen molar-refractivity contribution in [2.75, 3.05) is 95.7 Å². The Labute approximate surface area is 683 Å². The van der Waals surface area contributed by atoms with Crippen molar-refractivity contribution in [2.24, 2.45) is 23.3 Å². The molecule has 0 amide bonds. The number of nitrogens with two attached hydrogens (primary N) is 6. The monoisotopic (exact) mass is 1630 g/mol. The van der Waals surface area contributed by atoms with Gasteiger partial charge in [0.25, 0.3) is 0 Å². The molecule has 10 heterocycles. The number of hydrogen-bond donors (Lipinski definition) is 10. The molecule has 33 heteroatoms. The molecule has 2 aliphatic heterocycles. The number of hydrogen-bond acceptors (Lipinski definition) is 24. The van der Waals surface area contributed by atoms with Crippen molar-refractivity contribution < 1.29 is 77.2 Å². The number of halogens is 9. The number of nitrogens with zero attached hydrogens (tertiary/aromatic N) is 10. The molecule has 4 atom stereocenters. The number of benzene rings is 2. The third kappa shape index (κ3) is 21.9. The third-order valence-corrected chi connectivity index (χ3v) is 19.4. The van der Waals surface area contributed by atoms with Gasteiger partial charge in [0.2, 0.25) is 23.1 Å². The highest BCUT2D eigenvalue weighted by Crippen LogP contribution is 2.39. The van der Waals surface area contributed by atoms with Crippen LogP contribution in [0.25, 0.3) is 6.08 Å². The zero-order valence-electron chi connectivity index (χ0n) is 63.9. The van der Waals surface area contributed by atoms with E-state index >= 15 is 0 Å².